The van der Waals surface area contributed by atoms with Crippen molar-refractivity contribution in [1.29, 1.82) is 0 Å². The summed E-state index contributed by atoms with van der Waals surface area (Å²) in [6, 6.07) is 4.12. The van der Waals surface area contributed by atoms with Gasteiger partial charge in [-0.25, -0.2) is 0 Å². The van der Waals surface area contributed by atoms with Crippen LogP contribution in [0.15, 0.2) is 24.4 Å². The minimum Gasteiger partial charge on any atom is -0.497 e. The summed E-state index contributed by atoms with van der Waals surface area (Å²) in [5.74, 6) is 0.203. The Morgan fingerprint density at radius 3 is 2.60 bits per heavy atom. The highest BCUT2D eigenvalue weighted by Crippen LogP contribution is 2.36. The molecule has 0 unspecified atom stereocenters. The van der Waals surface area contributed by atoms with Crippen LogP contribution in [-0.2, 0) is 6.18 Å². The molecule has 0 bridgehead atoms. The first-order valence-corrected chi connectivity index (χ1v) is 4.24. The van der Waals surface area contributed by atoms with Crippen LogP contribution >= 0.6 is 0 Å². The van der Waals surface area contributed by atoms with Crippen LogP contribution in [0.1, 0.15) is 5.56 Å². The van der Waals surface area contributed by atoms with Gasteiger partial charge in [-0.1, -0.05) is 0 Å². The molecule has 1 aromatic heterocycles. The van der Waals surface area contributed by atoms with Crippen molar-refractivity contribution < 1.29 is 17.9 Å². The number of hydrogen-bond donors (Lipinski definition) is 1. The highest BCUT2D eigenvalue weighted by atomic mass is 19.4. The molecule has 1 aromatic carbocycles. The largest absolute Gasteiger partial charge is 0.497 e. The summed E-state index contributed by atoms with van der Waals surface area (Å²) in [5, 5.41) is 0.488. The fraction of sp³-hybridized carbons (Fsp3) is 0.200. The Morgan fingerprint density at radius 2 is 2.00 bits per heavy atom. The van der Waals surface area contributed by atoms with Crippen LogP contribution in [0.2, 0.25) is 0 Å². The van der Waals surface area contributed by atoms with Crippen molar-refractivity contribution in [2.24, 2.45) is 0 Å². The molecule has 0 saturated heterocycles. The summed E-state index contributed by atoms with van der Waals surface area (Å²) in [6.07, 6.45) is -2.91. The second kappa shape index (κ2) is 3.18. The third-order valence-electron chi connectivity index (χ3n) is 2.17. The van der Waals surface area contributed by atoms with Gasteiger partial charge in [-0.3, -0.25) is 0 Å². The molecule has 0 aliphatic rings. The summed E-state index contributed by atoms with van der Waals surface area (Å²) >= 11 is 0. The zero-order valence-electron chi connectivity index (χ0n) is 7.85. The summed E-state index contributed by atoms with van der Waals surface area (Å²) in [7, 11) is 1.34. The Balaban J connectivity index is 2.74. The molecule has 0 aliphatic heterocycles. The Hall–Kier alpha value is -1.65. The Labute approximate surface area is 83.7 Å². The number of benzene rings is 1. The molecule has 0 radical (unpaired) electrons. The SMILES string of the molecule is COc1cc(C(F)(F)F)c2[nH]ccc2c1. The quantitative estimate of drug-likeness (QED) is 0.776. The lowest BCUT2D eigenvalue weighted by Crippen LogP contribution is -2.06. The van der Waals surface area contributed by atoms with Gasteiger partial charge in [0.1, 0.15) is 5.75 Å². The second-order valence-corrected chi connectivity index (χ2v) is 3.11. The van der Waals surface area contributed by atoms with Crippen LogP contribution in [0, 0.1) is 0 Å². The van der Waals surface area contributed by atoms with Crippen molar-refractivity contribution in [2.75, 3.05) is 7.11 Å². The number of aromatic amines is 1. The fourth-order valence-corrected chi connectivity index (χ4v) is 1.49. The molecule has 5 heteroatoms. The minimum atomic E-state index is -4.38. The molecule has 0 fully saturated rings. The standard InChI is InChI=1S/C10H8F3NO/c1-15-7-4-6-2-3-14-9(6)8(5-7)10(11,12)13/h2-5,14H,1H3. The van der Waals surface area contributed by atoms with E-state index in [0.717, 1.165) is 6.07 Å². The fourth-order valence-electron chi connectivity index (χ4n) is 1.49. The van der Waals surface area contributed by atoms with E-state index in [9.17, 15) is 13.2 Å². The van der Waals surface area contributed by atoms with E-state index in [1.807, 2.05) is 0 Å². The molecule has 1 N–H and O–H groups in total. The van der Waals surface area contributed by atoms with Crippen molar-refractivity contribution in [3.63, 3.8) is 0 Å². The van der Waals surface area contributed by atoms with Crippen LogP contribution in [0.4, 0.5) is 13.2 Å². The summed E-state index contributed by atoms with van der Waals surface area (Å²) in [4.78, 5) is 2.57. The van der Waals surface area contributed by atoms with E-state index < -0.39 is 11.7 Å². The zero-order valence-corrected chi connectivity index (χ0v) is 7.85. The second-order valence-electron chi connectivity index (χ2n) is 3.11. The van der Waals surface area contributed by atoms with Gasteiger partial charge in [0.05, 0.1) is 18.2 Å². The van der Waals surface area contributed by atoms with Gasteiger partial charge >= 0.3 is 6.18 Å². The number of hydrogen-bond acceptors (Lipinski definition) is 1. The summed E-state index contributed by atoms with van der Waals surface area (Å²) in [5.41, 5.74) is -0.620. The molecule has 0 atom stereocenters. The Kier molecular flexibility index (Phi) is 2.10. The number of aromatic nitrogens is 1. The topological polar surface area (TPSA) is 25.0 Å². The predicted molar refractivity (Wildman–Crippen MR) is 49.9 cm³/mol. The van der Waals surface area contributed by atoms with E-state index in [1.54, 1.807) is 12.1 Å². The number of rotatable bonds is 1. The molecule has 0 saturated carbocycles. The van der Waals surface area contributed by atoms with Crippen LogP contribution in [0.5, 0.6) is 5.75 Å². The van der Waals surface area contributed by atoms with Crippen LogP contribution in [0.25, 0.3) is 10.9 Å². The van der Waals surface area contributed by atoms with E-state index in [-0.39, 0.29) is 11.3 Å². The number of ether oxygens (including phenoxy) is 1. The van der Waals surface area contributed by atoms with Crippen molar-refractivity contribution in [3.05, 3.63) is 30.0 Å². The van der Waals surface area contributed by atoms with E-state index in [2.05, 4.69) is 4.98 Å². The lowest BCUT2D eigenvalue weighted by atomic mass is 10.1. The molecule has 0 amide bonds. The maximum atomic E-state index is 12.6. The van der Waals surface area contributed by atoms with Gasteiger partial charge in [-0.15, -0.1) is 0 Å². The molecular formula is C10H8F3NO. The molecular weight excluding hydrogens is 207 g/mol. The van der Waals surface area contributed by atoms with Gasteiger partial charge in [0, 0.05) is 11.6 Å². The van der Waals surface area contributed by atoms with Crippen molar-refractivity contribution in [1.82, 2.24) is 4.98 Å². The van der Waals surface area contributed by atoms with Crippen molar-refractivity contribution in [2.45, 2.75) is 6.18 Å². The number of fused-ring (bicyclic) bond motifs is 1. The molecule has 15 heavy (non-hydrogen) atoms. The molecule has 80 valence electrons. The normalized spacial score (nSPS) is 12.0. The molecule has 2 aromatic rings. The lowest BCUT2D eigenvalue weighted by Gasteiger charge is -2.10. The third kappa shape index (κ3) is 1.65. The van der Waals surface area contributed by atoms with E-state index in [1.165, 1.54) is 13.3 Å². The molecule has 0 spiro atoms. The minimum absolute atomic E-state index is 0.0864. The van der Waals surface area contributed by atoms with E-state index >= 15 is 0 Å². The van der Waals surface area contributed by atoms with Crippen molar-refractivity contribution in [3.8, 4) is 5.75 Å². The molecule has 1 heterocycles. The monoisotopic (exact) mass is 215 g/mol. The maximum Gasteiger partial charge on any atom is 0.418 e. The first kappa shape index (κ1) is 9.89. The number of alkyl halides is 3. The molecule has 0 aliphatic carbocycles. The highest BCUT2D eigenvalue weighted by molar-refractivity contribution is 5.84. The van der Waals surface area contributed by atoms with E-state index in [4.69, 9.17) is 4.74 Å². The van der Waals surface area contributed by atoms with Crippen molar-refractivity contribution >= 4 is 10.9 Å². The number of halogens is 3. The Morgan fingerprint density at radius 1 is 1.27 bits per heavy atom. The maximum absolute atomic E-state index is 12.6. The van der Waals surface area contributed by atoms with Gasteiger partial charge in [-0.2, -0.15) is 13.2 Å². The van der Waals surface area contributed by atoms with Crippen LogP contribution in [-0.4, -0.2) is 12.1 Å². The third-order valence-corrected chi connectivity index (χ3v) is 2.17. The number of methoxy groups -OCH3 is 1. The summed E-state index contributed by atoms with van der Waals surface area (Å²) < 4.78 is 42.7. The van der Waals surface area contributed by atoms with Gasteiger partial charge < -0.3 is 9.72 Å². The first-order chi connectivity index (χ1) is 7.02. The Bertz CT molecular complexity index is 487. The smallest absolute Gasteiger partial charge is 0.418 e. The summed E-state index contributed by atoms with van der Waals surface area (Å²) in [6.45, 7) is 0. The van der Waals surface area contributed by atoms with E-state index in [0.29, 0.717) is 5.39 Å². The highest BCUT2D eigenvalue weighted by Gasteiger charge is 2.33. The van der Waals surface area contributed by atoms with Crippen LogP contribution < -0.4 is 4.74 Å². The lowest BCUT2D eigenvalue weighted by molar-refractivity contribution is -0.136. The van der Waals surface area contributed by atoms with Gasteiger partial charge in [0.25, 0.3) is 0 Å². The average Bonchev–Trinajstić information content (AvgIpc) is 2.61. The number of nitrogens with one attached hydrogen (secondary N) is 1. The molecule has 2 rings (SSSR count). The van der Waals surface area contributed by atoms with Gasteiger partial charge in [0.2, 0.25) is 0 Å². The average molecular weight is 215 g/mol. The first-order valence-electron chi connectivity index (χ1n) is 4.24. The zero-order chi connectivity index (χ0) is 11.1. The molecule has 2 nitrogen and oxygen atoms in total. The van der Waals surface area contributed by atoms with Gasteiger partial charge in [-0.05, 0) is 18.2 Å². The van der Waals surface area contributed by atoms with Crippen LogP contribution in [0.3, 0.4) is 0 Å². The predicted octanol–water partition coefficient (Wildman–Crippen LogP) is 3.20. The van der Waals surface area contributed by atoms with Gasteiger partial charge in [0.15, 0.2) is 0 Å². The number of H-pyrrole nitrogens is 1.